The molecule has 0 bridgehead atoms. The average Bonchev–Trinajstić information content (AvgIpc) is 2.78. The lowest BCUT2D eigenvalue weighted by Crippen LogP contribution is -2.43. The number of fused-ring (bicyclic) bond motifs is 1. The van der Waals surface area contributed by atoms with Crippen LogP contribution >= 0.6 is 0 Å². The SMILES string of the molecule is CN(c1cc(C(F)(F)F)nc2ccccc12)[C@H]1CC[C@@H](NC(=O)c2ccnnc2)CC1. The molecule has 0 unspecified atom stereocenters. The third kappa shape index (κ3) is 4.60. The molecule has 1 N–H and O–H groups in total. The van der Waals surface area contributed by atoms with E-state index in [1.807, 2.05) is 11.9 Å². The molecule has 1 amide bonds. The lowest BCUT2D eigenvalue weighted by Gasteiger charge is -2.37. The molecule has 1 aliphatic carbocycles. The molecule has 0 saturated heterocycles. The number of benzene rings is 1. The highest BCUT2D eigenvalue weighted by Gasteiger charge is 2.34. The van der Waals surface area contributed by atoms with Crippen LogP contribution in [0.25, 0.3) is 10.9 Å². The van der Waals surface area contributed by atoms with Crippen molar-refractivity contribution >= 4 is 22.5 Å². The Morgan fingerprint density at radius 2 is 1.84 bits per heavy atom. The number of hydrogen-bond acceptors (Lipinski definition) is 5. The molecular formula is C22H22F3N5O. The van der Waals surface area contributed by atoms with Crippen LogP contribution in [0.15, 0.2) is 48.8 Å². The molecule has 0 radical (unpaired) electrons. The third-order valence-corrected chi connectivity index (χ3v) is 5.79. The first kappa shape index (κ1) is 21.0. The monoisotopic (exact) mass is 429 g/mol. The van der Waals surface area contributed by atoms with E-state index in [0.717, 1.165) is 31.7 Å². The zero-order valence-corrected chi connectivity index (χ0v) is 16.9. The van der Waals surface area contributed by atoms with Gasteiger partial charge < -0.3 is 10.2 Å². The maximum atomic E-state index is 13.4. The fraction of sp³-hybridized carbons (Fsp3) is 0.364. The van der Waals surface area contributed by atoms with Gasteiger partial charge in [-0.25, -0.2) is 4.98 Å². The maximum absolute atomic E-state index is 13.4. The summed E-state index contributed by atoms with van der Waals surface area (Å²) in [5.74, 6) is -0.193. The van der Waals surface area contributed by atoms with Crippen LogP contribution in [0.1, 0.15) is 41.7 Å². The quantitative estimate of drug-likeness (QED) is 0.672. The van der Waals surface area contributed by atoms with Gasteiger partial charge in [-0.05, 0) is 43.9 Å². The number of hydrogen-bond donors (Lipinski definition) is 1. The highest BCUT2D eigenvalue weighted by Crippen LogP contribution is 2.36. The molecule has 1 saturated carbocycles. The standard InChI is InChI=1S/C22H22F3N5O/c1-30(19-12-20(22(23,24)25)29-18-5-3-2-4-17(18)19)16-8-6-15(7-9-16)28-21(31)14-10-11-26-27-13-14/h2-5,10-13,15-16H,6-9H2,1H3,(H,28,31)/t15-,16+. The number of halogens is 3. The van der Waals surface area contributed by atoms with Crippen LogP contribution in [0.4, 0.5) is 18.9 Å². The minimum atomic E-state index is -4.51. The van der Waals surface area contributed by atoms with Crippen molar-refractivity contribution in [3.05, 3.63) is 60.0 Å². The molecule has 2 aromatic heterocycles. The van der Waals surface area contributed by atoms with E-state index in [1.54, 1.807) is 30.3 Å². The number of aromatic nitrogens is 3. The number of pyridine rings is 1. The second-order valence-electron chi connectivity index (χ2n) is 7.76. The molecular weight excluding hydrogens is 407 g/mol. The molecule has 2 heterocycles. The number of amides is 1. The van der Waals surface area contributed by atoms with Gasteiger partial charge in [0.15, 0.2) is 0 Å². The van der Waals surface area contributed by atoms with Crippen LogP contribution in [0, 0.1) is 0 Å². The summed E-state index contributed by atoms with van der Waals surface area (Å²) < 4.78 is 40.2. The first-order chi connectivity index (χ1) is 14.8. The van der Waals surface area contributed by atoms with Crippen LogP contribution in [-0.2, 0) is 6.18 Å². The van der Waals surface area contributed by atoms with E-state index in [0.29, 0.717) is 22.2 Å². The van der Waals surface area contributed by atoms with Crippen molar-refractivity contribution in [2.24, 2.45) is 0 Å². The summed E-state index contributed by atoms with van der Waals surface area (Å²) in [6.07, 6.45) is 1.38. The van der Waals surface area contributed by atoms with E-state index in [-0.39, 0.29) is 18.0 Å². The summed E-state index contributed by atoms with van der Waals surface area (Å²) in [7, 11) is 1.83. The lowest BCUT2D eigenvalue weighted by atomic mass is 9.89. The van der Waals surface area contributed by atoms with E-state index in [9.17, 15) is 18.0 Å². The van der Waals surface area contributed by atoms with E-state index >= 15 is 0 Å². The number of rotatable bonds is 4. The first-order valence-electron chi connectivity index (χ1n) is 10.1. The fourth-order valence-corrected chi connectivity index (χ4v) is 4.09. The Kier molecular flexibility index (Phi) is 5.75. The summed E-state index contributed by atoms with van der Waals surface area (Å²) in [5, 5.41) is 11.1. The van der Waals surface area contributed by atoms with Gasteiger partial charge in [0.1, 0.15) is 5.69 Å². The summed E-state index contributed by atoms with van der Waals surface area (Å²) in [5.41, 5.74) is 0.413. The second kappa shape index (κ2) is 8.49. The second-order valence-corrected chi connectivity index (χ2v) is 7.76. The number of nitrogens with zero attached hydrogens (tertiary/aromatic N) is 4. The molecule has 162 valence electrons. The van der Waals surface area contributed by atoms with Crippen molar-refractivity contribution in [3.8, 4) is 0 Å². The largest absolute Gasteiger partial charge is 0.433 e. The molecule has 0 atom stereocenters. The molecule has 0 aliphatic heterocycles. The van der Waals surface area contributed by atoms with Crippen LogP contribution in [-0.4, -0.2) is 40.2 Å². The number of para-hydroxylation sites is 1. The van der Waals surface area contributed by atoms with Crippen molar-refractivity contribution in [2.75, 3.05) is 11.9 Å². The highest BCUT2D eigenvalue weighted by atomic mass is 19.4. The normalized spacial score (nSPS) is 19.2. The van der Waals surface area contributed by atoms with E-state index < -0.39 is 11.9 Å². The number of nitrogens with one attached hydrogen (secondary N) is 1. The van der Waals surface area contributed by atoms with Gasteiger partial charge in [-0.2, -0.15) is 23.4 Å². The Morgan fingerprint density at radius 3 is 2.52 bits per heavy atom. The van der Waals surface area contributed by atoms with Gasteiger partial charge in [-0.3, -0.25) is 4.79 Å². The summed E-state index contributed by atoms with van der Waals surface area (Å²) in [4.78, 5) is 18.0. The smallest absolute Gasteiger partial charge is 0.371 e. The average molecular weight is 429 g/mol. The van der Waals surface area contributed by atoms with Crippen LogP contribution in [0.5, 0.6) is 0 Å². The zero-order chi connectivity index (χ0) is 22.0. The Bertz CT molecular complexity index is 1070. The Balaban J connectivity index is 1.48. The van der Waals surface area contributed by atoms with Gasteiger partial charge in [-0.1, -0.05) is 18.2 Å². The fourth-order valence-electron chi connectivity index (χ4n) is 4.09. The highest BCUT2D eigenvalue weighted by molar-refractivity contribution is 5.94. The predicted octanol–water partition coefficient (Wildman–Crippen LogP) is 4.22. The number of anilines is 1. The van der Waals surface area contributed by atoms with Crippen molar-refractivity contribution < 1.29 is 18.0 Å². The van der Waals surface area contributed by atoms with Crippen molar-refractivity contribution in [2.45, 2.75) is 43.9 Å². The summed E-state index contributed by atoms with van der Waals surface area (Å²) in [6.45, 7) is 0. The van der Waals surface area contributed by atoms with Gasteiger partial charge in [0.05, 0.1) is 23.5 Å². The van der Waals surface area contributed by atoms with Crippen LogP contribution < -0.4 is 10.2 Å². The zero-order valence-electron chi connectivity index (χ0n) is 16.9. The Labute approximate surface area is 177 Å². The number of carbonyl (C=O) groups excluding carboxylic acids is 1. The van der Waals surface area contributed by atoms with Crippen LogP contribution in [0.2, 0.25) is 0 Å². The molecule has 4 rings (SSSR count). The predicted molar refractivity (Wildman–Crippen MR) is 111 cm³/mol. The molecule has 3 aromatic rings. The minimum absolute atomic E-state index is 0.0187. The minimum Gasteiger partial charge on any atom is -0.371 e. The van der Waals surface area contributed by atoms with Gasteiger partial charge in [0, 0.05) is 30.2 Å². The molecule has 1 aliphatic rings. The molecule has 1 fully saturated rings. The Hall–Kier alpha value is -3.23. The van der Waals surface area contributed by atoms with Gasteiger partial charge in [-0.15, -0.1) is 0 Å². The molecule has 6 nitrogen and oxygen atoms in total. The summed E-state index contributed by atoms with van der Waals surface area (Å²) >= 11 is 0. The van der Waals surface area contributed by atoms with Crippen molar-refractivity contribution in [1.82, 2.24) is 20.5 Å². The maximum Gasteiger partial charge on any atom is 0.433 e. The van der Waals surface area contributed by atoms with E-state index in [4.69, 9.17) is 0 Å². The van der Waals surface area contributed by atoms with E-state index in [2.05, 4.69) is 20.5 Å². The lowest BCUT2D eigenvalue weighted by molar-refractivity contribution is -0.140. The molecule has 1 aromatic carbocycles. The third-order valence-electron chi connectivity index (χ3n) is 5.79. The molecule has 0 spiro atoms. The molecule has 31 heavy (non-hydrogen) atoms. The molecule has 9 heteroatoms. The first-order valence-corrected chi connectivity index (χ1v) is 10.1. The number of carbonyl (C=O) groups is 1. The van der Waals surface area contributed by atoms with Crippen LogP contribution in [0.3, 0.4) is 0 Å². The van der Waals surface area contributed by atoms with Gasteiger partial charge in [0.2, 0.25) is 0 Å². The number of alkyl halides is 3. The Morgan fingerprint density at radius 1 is 1.10 bits per heavy atom. The van der Waals surface area contributed by atoms with Crippen molar-refractivity contribution in [1.29, 1.82) is 0 Å². The van der Waals surface area contributed by atoms with Gasteiger partial charge >= 0.3 is 6.18 Å². The van der Waals surface area contributed by atoms with E-state index in [1.165, 1.54) is 12.4 Å². The van der Waals surface area contributed by atoms with Gasteiger partial charge in [0.25, 0.3) is 5.91 Å². The topological polar surface area (TPSA) is 71.0 Å². The van der Waals surface area contributed by atoms with Crippen molar-refractivity contribution in [3.63, 3.8) is 0 Å². The summed E-state index contributed by atoms with van der Waals surface area (Å²) in [6, 6.07) is 9.71.